The third-order valence-electron chi connectivity index (χ3n) is 4.92. The van der Waals surface area contributed by atoms with Crippen LogP contribution in [-0.4, -0.2) is 43.9 Å². The Bertz CT molecular complexity index is 972. The third-order valence-corrected chi connectivity index (χ3v) is 4.92. The second-order valence-electron chi connectivity index (χ2n) is 6.69. The number of hydrogen-bond acceptors (Lipinski definition) is 7. The predicted octanol–water partition coefficient (Wildman–Crippen LogP) is 1.92. The summed E-state index contributed by atoms with van der Waals surface area (Å²) in [6.07, 6.45) is -0.126. The molecule has 1 amide bonds. The molecule has 0 saturated carbocycles. The number of nitrogens with zero attached hydrogens (tertiary/aromatic N) is 2. The first-order valence-electron chi connectivity index (χ1n) is 9.43. The maximum atomic E-state index is 12.8. The fourth-order valence-corrected chi connectivity index (χ4v) is 3.44. The summed E-state index contributed by atoms with van der Waals surface area (Å²) in [6.45, 7) is 0. The lowest BCUT2D eigenvalue weighted by atomic mass is 9.97. The van der Waals surface area contributed by atoms with E-state index in [1.54, 1.807) is 33.5 Å². The lowest BCUT2D eigenvalue weighted by Crippen LogP contribution is -2.30. The maximum absolute atomic E-state index is 12.8. The highest BCUT2D eigenvalue weighted by Crippen LogP contribution is 2.39. The number of aliphatic carboxylic acids is 1. The molecule has 8 nitrogen and oxygen atoms in total. The summed E-state index contributed by atoms with van der Waals surface area (Å²) in [4.78, 5) is 23.6. The predicted molar refractivity (Wildman–Crippen MR) is 108 cm³/mol. The van der Waals surface area contributed by atoms with Crippen molar-refractivity contribution in [3.05, 3.63) is 53.6 Å². The molecular formula is C22H23N2O6-. The Morgan fingerprint density at radius 3 is 2.37 bits per heavy atom. The zero-order valence-electron chi connectivity index (χ0n) is 17.1. The van der Waals surface area contributed by atoms with Crippen LogP contribution >= 0.6 is 0 Å². The van der Waals surface area contributed by atoms with Crippen molar-refractivity contribution in [2.45, 2.75) is 25.3 Å². The van der Waals surface area contributed by atoms with Gasteiger partial charge in [-0.2, -0.15) is 5.10 Å². The number of carboxylic acids is 1. The van der Waals surface area contributed by atoms with E-state index >= 15 is 0 Å². The molecule has 30 heavy (non-hydrogen) atoms. The fourth-order valence-electron chi connectivity index (χ4n) is 3.44. The molecule has 1 aliphatic heterocycles. The molecule has 1 atom stereocenters. The lowest BCUT2D eigenvalue weighted by Gasteiger charge is -2.23. The van der Waals surface area contributed by atoms with Gasteiger partial charge in [-0.05, 0) is 30.7 Å². The number of hydrogen-bond donors (Lipinski definition) is 0. The van der Waals surface area contributed by atoms with Crippen molar-refractivity contribution in [2.24, 2.45) is 5.10 Å². The summed E-state index contributed by atoms with van der Waals surface area (Å²) in [5, 5.41) is 16.7. The Labute approximate surface area is 174 Å². The Balaban J connectivity index is 1.98. The first kappa shape index (κ1) is 21.2. The Kier molecular flexibility index (Phi) is 6.56. The number of amides is 1. The highest BCUT2D eigenvalue weighted by Gasteiger charge is 2.34. The summed E-state index contributed by atoms with van der Waals surface area (Å²) in [5.41, 5.74) is 2.25. The first-order chi connectivity index (χ1) is 14.5. The van der Waals surface area contributed by atoms with Gasteiger partial charge in [-0.25, -0.2) is 5.01 Å². The Hall–Kier alpha value is -3.55. The van der Waals surface area contributed by atoms with Crippen LogP contribution in [0.25, 0.3) is 0 Å². The van der Waals surface area contributed by atoms with E-state index in [1.807, 2.05) is 30.3 Å². The smallest absolute Gasteiger partial charge is 0.243 e. The highest BCUT2D eigenvalue weighted by atomic mass is 16.5. The van der Waals surface area contributed by atoms with Crippen molar-refractivity contribution in [1.82, 2.24) is 5.01 Å². The van der Waals surface area contributed by atoms with Gasteiger partial charge in [0.1, 0.15) is 5.75 Å². The van der Waals surface area contributed by atoms with E-state index in [2.05, 4.69) is 5.10 Å². The SMILES string of the molecule is COc1ccc(C2=NN(C(=O)CCC(=O)[O-])[C@H](c3ccccc3OC)C2)cc1OC. The summed E-state index contributed by atoms with van der Waals surface area (Å²) < 4.78 is 16.1. The van der Waals surface area contributed by atoms with E-state index in [0.717, 1.165) is 11.1 Å². The zero-order chi connectivity index (χ0) is 21.7. The van der Waals surface area contributed by atoms with Gasteiger partial charge >= 0.3 is 0 Å². The van der Waals surface area contributed by atoms with Crippen molar-refractivity contribution in [1.29, 1.82) is 0 Å². The van der Waals surface area contributed by atoms with E-state index in [4.69, 9.17) is 14.2 Å². The van der Waals surface area contributed by atoms with Crippen LogP contribution in [0.1, 0.15) is 36.4 Å². The number of carboxylic acid groups (broad SMARTS) is 1. The summed E-state index contributed by atoms with van der Waals surface area (Å²) in [6, 6.07) is 12.4. The van der Waals surface area contributed by atoms with Gasteiger partial charge in [0.15, 0.2) is 11.5 Å². The molecule has 0 bridgehead atoms. The average Bonchev–Trinajstić information content (AvgIpc) is 3.22. The largest absolute Gasteiger partial charge is 0.550 e. The number of ether oxygens (including phenoxy) is 3. The fraction of sp³-hybridized carbons (Fsp3) is 0.318. The molecule has 0 spiro atoms. The van der Waals surface area contributed by atoms with Crippen LogP contribution in [0.4, 0.5) is 0 Å². The molecule has 1 aliphatic rings. The van der Waals surface area contributed by atoms with Crippen molar-refractivity contribution < 1.29 is 28.9 Å². The van der Waals surface area contributed by atoms with Gasteiger partial charge in [-0.15, -0.1) is 0 Å². The first-order valence-corrected chi connectivity index (χ1v) is 9.43. The highest BCUT2D eigenvalue weighted by molar-refractivity contribution is 6.03. The molecule has 1 heterocycles. The van der Waals surface area contributed by atoms with Crippen LogP contribution in [-0.2, 0) is 9.59 Å². The minimum absolute atomic E-state index is 0.198. The zero-order valence-corrected chi connectivity index (χ0v) is 17.1. The lowest BCUT2D eigenvalue weighted by molar-refractivity contribution is -0.305. The van der Waals surface area contributed by atoms with Crippen LogP contribution in [0.3, 0.4) is 0 Å². The molecule has 2 aromatic rings. The molecule has 0 fully saturated rings. The molecule has 3 rings (SSSR count). The molecule has 0 N–H and O–H groups in total. The molecule has 0 radical (unpaired) electrons. The van der Waals surface area contributed by atoms with E-state index < -0.39 is 17.9 Å². The number of carbonyl (C=O) groups excluding carboxylic acids is 2. The van der Waals surface area contributed by atoms with Crippen molar-refractivity contribution in [2.75, 3.05) is 21.3 Å². The molecule has 2 aromatic carbocycles. The Morgan fingerprint density at radius 2 is 1.70 bits per heavy atom. The van der Waals surface area contributed by atoms with E-state index in [-0.39, 0.29) is 12.8 Å². The van der Waals surface area contributed by atoms with Gasteiger partial charge in [0, 0.05) is 29.9 Å². The normalized spacial score (nSPS) is 15.5. The van der Waals surface area contributed by atoms with Crippen LogP contribution in [0.2, 0.25) is 0 Å². The van der Waals surface area contributed by atoms with E-state index in [9.17, 15) is 14.7 Å². The van der Waals surface area contributed by atoms with Gasteiger partial charge in [0.05, 0.1) is 33.1 Å². The van der Waals surface area contributed by atoms with Crippen LogP contribution in [0, 0.1) is 0 Å². The van der Waals surface area contributed by atoms with Crippen LogP contribution in [0.15, 0.2) is 47.6 Å². The second kappa shape index (κ2) is 9.30. The minimum Gasteiger partial charge on any atom is -0.550 e. The summed E-state index contributed by atoms with van der Waals surface area (Å²) in [7, 11) is 4.66. The molecule has 158 valence electrons. The molecule has 8 heteroatoms. The molecular weight excluding hydrogens is 388 g/mol. The Morgan fingerprint density at radius 1 is 1.00 bits per heavy atom. The van der Waals surface area contributed by atoms with E-state index in [1.165, 1.54) is 5.01 Å². The van der Waals surface area contributed by atoms with Gasteiger partial charge in [0.2, 0.25) is 5.91 Å². The number of para-hydroxylation sites is 1. The van der Waals surface area contributed by atoms with Crippen molar-refractivity contribution >= 4 is 17.6 Å². The summed E-state index contributed by atoms with van der Waals surface area (Å²) >= 11 is 0. The van der Waals surface area contributed by atoms with Gasteiger partial charge in [-0.1, -0.05) is 18.2 Å². The molecule has 0 unspecified atom stereocenters. The molecule has 0 saturated heterocycles. The number of hydrazone groups is 1. The second-order valence-corrected chi connectivity index (χ2v) is 6.69. The summed E-state index contributed by atoms with van der Waals surface area (Å²) in [5.74, 6) is 0.0892. The van der Waals surface area contributed by atoms with Gasteiger partial charge in [0.25, 0.3) is 0 Å². The molecule has 0 aromatic heterocycles. The maximum Gasteiger partial charge on any atom is 0.243 e. The monoisotopic (exact) mass is 411 g/mol. The van der Waals surface area contributed by atoms with Gasteiger partial charge < -0.3 is 24.1 Å². The van der Waals surface area contributed by atoms with Gasteiger partial charge in [-0.3, -0.25) is 4.79 Å². The van der Waals surface area contributed by atoms with Crippen molar-refractivity contribution in [3.8, 4) is 17.2 Å². The van der Waals surface area contributed by atoms with Crippen LogP contribution in [0.5, 0.6) is 17.2 Å². The topological polar surface area (TPSA) is 100 Å². The van der Waals surface area contributed by atoms with Crippen molar-refractivity contribution in [3.63, 3.8) is 0 Å². The standard InChI is InChI=1S/C22H24N2O6/c1-28-18-7-5-4-6-15(18)17-13-16(23-24(17)21(25)10-11-22(26)27)14-8-9-19(29-2)20(12-14)30-3/h4-9,12,17H,10-11,13H2,1-3H3,(H,26,27)/p-1/t17-/m0/s1. The van der Waals surface area contributed by atoms with Crippen LogP contribution < -0.4 is 19.3 Å². The quantitative estimate of drug-likeness (QED) is 0.658. The minimum atomic E-state index is -1.28. The number of rotatable bonds is 8. The number of methoxy groups -OCH3 is 3. The van der Waals surface area contributed by atoms with E-state index in [0.29, 0.717) is 29.4 Å². The number of carbonyl (C=O) groups is 2. The average molecular weight is 411 g/mol. The third kappa shape index (κ3) is 4.37. The number of benzene rings is 2. The molecule has 0 aliphatic carbocycles.